The molecule has 1 saturated heterocycles. The van der Waals surface area contributed by atoms with E-state index in [1.807, 2.05) is 11.8 Å². The largest absolute Gasteiger partial charge is 0.353 e. The SMILES string of the molecule is CCCC(=O)N1CCCC(C(=O)NC2C3CCCC2CC(N)C3)C1. The predicted molar refractivity (Wildman–Crippen MR) is 94.2 cm³/mol. The first-order valence-electron chi connectivity index (χ1n) is 9.92. The molecule has 3 unspecified atom stereocenters. The summed E-state index contributed by atoms with van der Waals surface area (Å²) in [5.74, 6) is 1.45. The lowest BCUT2D eigenvalue weighted by Crippen LogP contribution is -2.56. The minimum absolute atomic E-state index is 0.0316. The Morgan fingerprint density at radius 2 is 1.83 bits per heavy atom. The van der Waals surface area contributed by atoms with Crippen LogP contribution in [0.4, 0.5) is 0 Å². The van der Waals surface area contributed by atoms with Gasteiger partial charge in [0.1, 0.15) is 0 Å². The molecule has 24 heavy (non-hydrogen) atoms. The van der Waals surface area contributed by atoms with E-state index in [1.165, 1.54) is 19.3 Å². The number of nitrogens with one attached hydrogen (secondary N) is 1. The topological polar surface area (TPSA) is 75.4 Å². The van der Waals surface area contributed by atoms with Gasteiger partial charge in [-0.3, -0.25) is 9.59 Å². The highest BCUT2D eigenvalue weighted by molar-refractivity contribution is 5.81. The molecule has 2 bridgehead atoms. The van der Waals surface area contributed by atoms with E-state index in [9.17, 15) is 9.59 Å². The number of hydrogen-bond acceptors (Lipinski definition) is 3. The zero-order valence-electron chi connectivity index (χ0n) is 15.0. The number of carbonyl (C=O) groups excluding carboxylic acids is 2. The smallest absolute Gasteiger partial charge is 0.225 e. The quantitative estimate of drug-likeness (QED) is 0.825. The summed E-state index contributed by atoms with van der Waals surface area (Å²) in [5.41, 5.74) is 6.18. The molecule has 5 nitrogen and oxygen atoms in total. The van der Waals surface area contributed by atoms with E-state index in [1.54, 1.807) is 0 Å². The summed E-state index contributed by atoms with van der Waals surface area (Å²) in [7, 11) is 0. The van der Waals surface area contributed by atoms with Crippen LogP contribution in [0.1, 0.15) is 64.7 Å². The first-order valence-corrected chi connectivity index (χ1v) is 9.92. The van der Waals surface area contributed by atoms with Gasteiger partial charge in [-0.2, -0.15) is 0 Å². The Bertz CT molecular complexity index is 454. The highest BCUT2D eigenvalue weighted by atomic mass is 16.2. The summed E-state index contributed by atoms with van der Waals surface area (Å²) < 4.78 is 0. The van der Waals surface area contributed by atoms with Gasteiger partial charge < -0.3 is 16.0 Å². The molecule has 1 heterocycles. The van der Waals surface area contributed by atoms with E-state index < -0.39 is 0 Å². The number of nitrogens with zero attached hydrogens (tertiary/aromatic N) is 1. The maximum atomic E-state index is 12.8. The van der Waals surface area contributed by atoms with Crippen LogP contribution in [0.15, 0.2) is 0 Å². The molecule has 3 fully saturated rings. The van der Waals surface area contributed by atoms with Crippen LogP contribution in [0.5, 0.6) is 0 Å². The second-order valence-corrected chi connectivity index (χ2v) is 8.15. The molecule has 2 saturated carbocycles. The fourth-order valence-electron chi connectivity index (χ4n) is 5.10. The number of amides is 2. The fraction of sp³-hybridized carbons (Fsp3) is 0.895. The molecule has 2 amide bonds. The average Bonchev–Trinajstić information content (AvgIpc) is 2.56. The second-order valence-electron chi connectivity index (χ2n) is 8.15. The van der Waals surface area contributed by atoms with Gasteiger partial charge in [0.25, 0.3) is 0 Å². The number of piperidine rings is 1. The van der Waals surface area contributed by atoms with Crippen LogP contribution in [-0.4, -0.2) is 41.9 Å². The Hall–Kier alpha value is -1.10. The van der Waals surface area contributed by atoms with Crippen LogP contribution in [0, 0.1) is 17.8 Å². The third-order valence-electron chi connectivity index (χ3n) is 6.29. The Morgan fingerprint density at radius 3 is 2.50 bits per heavy atom. The molecule has 3 rings (SSSR count). The Kier molecular flexibility index (Phi) is 5.80. The summed E-state index contributed by atoms with van der Waals surface area (Å²) in [6, 6.07) is 0.623. The molecule has 0 radical (unpaired) electrons. The van der Waals surface area contributed by atoms with Crippen molar-refractivity contribution in [1.29, 1.82) is 0 Å². The van der Waals surface area contributed by atoms with Gasteiger partial charge >= 0.3 is 0 Å². The van der Waals surface area contributed by atoms with Crippen LogP contribution >= 0.6 is 0 Å². The molecule has 136 valence electrons. The molecular formula is C19H33N3O2. The number of fused-ring (bicyclic) bond motifs is 2. The lowest BCUT2D eigenvalue weighted by atomic mass is 9.67. The minimum atomic E-state index is -0.0316. The number of likely N-dealkylation sites (tertiary alicyclic amines) is 1. The molecule has 5 heteroatoms. The predicted octanol–water partition coefficient (Wildman–Crippen LogP) is 2.05. The van der Waals surface area contributed by atoms with Gasteiger partial charge in [0.05, 0.1) is 5.92 Å². The monoisotopic (exact) mass is 335 g/mol. The van der Waals surface area contributed by atoms with Crippen molar-refractivity contribution in [1.82, 2.24) is 10.2 Å². The van der Waals surface area contributed by atoms with Crippen LogP contribution < -0.4 is 11.1 Å². The molecule has 1 aliphatic heterocycles. The van der Waals surface area contributed by atoms with Crippen LogP contribution in [0.25, 0.3) is 0 Å². The van der Waals surface area contributed by atoms with Gasteiger partial charge in [0, 0.05) is 31.6 Å². The van der Waals surface area contributed by atoms with Crippen LogP contribution in [0.2, 0.25) is 0 Å². The van der Waals surface area contributed by atoms with Crippen molar-refractivity contribution in [2.75, 3.05) is 13.1 Å². The number of hydrogen-bond donors (Lipinski definition) is 2. The van der Waals surface area contributed by atoms with Gasteiger partial charge in [-0.05, 0) is 56.8 Å². The minimum Gasteiger partial charge on any atom is -0.353 e. The first kappa shape index (κ1) is 17.7. The molecule has 3 aliphatic rings. The fourth-order valence-corrected chi connectivity index (χ4v) is 5.10. The third kappa shape index (κ3) is 3.93. The normalized spacial score (nSPS) is 36.2. The van der Waals surface area contributed by atoms with E-state index in [0.717, 1.165) is 38.6 Å². The lowest BCUT2D eigenvalue weighted by Gasteiger charge is -2.46. The van der Waals surface area contributed by atoms with Crippen molar-refractivity contribution in [3.63, 3.8) is 0 Å². The van der Waals surface area contributed by atoms with E-state index in [2.05, 4.69) is 5.32 Å². The van der Waals surface area contributed by atoms with Crippen LogP contribution in [0.3, 0.4) is 0 Å². The molecule has 0 spiro atoms. The zero-order chi connectivity index (χ0) is 17.1. The third-order valence-corrected chi connectivity index (χ3v) is 6.29. The highest BCUT2D eigenvalue weighted by Crippen LogP contribution is 2.39. The van der Waals surface area contributed by atoms with Gasteiger partial charge in [-0.1, -0.05) is 13.3 Å². The van der Waals surface area contributed by atoms with Crippen LogP contribution in [-0.2, 0) is 9.59 Å². The van der Waals surface area contributed by atoms with E-state index in [-0.39, 0.29) is 17.7 Å². The summed E-state index contributed by atoms with van der Waals surface area (Å²) >= 11 is 0. The number of rotatable bonds is 4. The molecular weight excluding hydrogens is 302 g/mol. The first-order chi connectivity index (χ1) is 11.6. The van der Waals surface area contributed by atoms with Crippen molar-refractivity contribution in [3.8, 4) is 0 Å². The summed E-state index contributed by atoms with van der Waals surface area (Å²) in [6.45, 7) is 3.44. The second kappa shape index (κ2) is 7.85. The lowest BCUT2D eigenvalue weighted by molar-refractivity contribution is -0.136. The van der Waals surface area contributed by atoms with E-state index >= 15 is 0 Å². The zero-order valence-corrected chi connectivity index (χ0v) is 15.0. The summed E-state index contributed by atoms with van der Waals surface area (Å²) in [6.07, 6.45) is 9.08. The van der Waals surface area contributed by atoms with Crippen molar-refractivity contribution in [3.05, 3.63) is 0 Å². The maximum Gasteiger partial charge on any atom is 0.225 e. The molecule has 3 atom stereocenters. The molecule has 2 aliphatic carbocycles. The standard InChI is InChI=1S/C19H33N3O2/c1-2-5-17(23)22-9-4-8-15(12-22)19(24)21-18-13-6-3-7-14(18)11-16(20)10-13/h13-16,18H,2-12,20H2,1H3,(H,21,24). The van der Waals surface area contributed by atoms with E-state index in [0.29, 0.717) is 36.9 Å². The number of nitrogens with two attached hydrogens (primary N) is 1. The average molecular weight is 335 g/mol. The molecule has 0 aromatic carbocycles. The van der Waals surface area contributed by atoms with Gasteiger partial charge in [-0.25, -0.2) is 0 Å². The molecule has 3 N–H and O–H groups in total. The van der Waals surface area contributed by atoms with E-state index in [4.69, 9.17) is 5.73 Å². The Morgan fingerprint density at radius 1 is 1.12 bits per heavy atom. The highest BCUT2D eigenvalue weighted by Gasteiger charge is 2.41. The Balaban J connectivity index is 1.57. The maximum absolute atomic E-state index is 12.8. The summed E-state index contributed by atoms with van der Waals surface area (Å²) in [4.78, 5) is 26.9. The van der Waals surface area contributed by atoms with Gasteiger partial charge in [0.2, 0.25) is 11.8 Å². The number of carbonyl (C=O) groups is 2. The van der Waals surface area contributed by atoms with Crippen molar-refractivity contribution >= 4 is 11.8 Å². The van der Waals surface area contributed by atoms with Crippen molar-refractivity contribution < 1.29 is 9.59 Å². The summed E-state index contributed by atoms with van der Waals surface area (Å²) in [5, 5.41) is 3.37. The van der Waals surface area contributed by atoms with Gasteiger partial charge in [0.15, 0.2) is 0 Å². The molecule has 0 aromatic rings. The van der Waals surface area contributed by atoms with Gasteiger partial charge in [-0.15, -0.1) is 0 Å². The van der Waals surface area contributed by atoms with Crippen molar-refractivity contribution in [2.24, 2.45) is 23.5 Å². The van der Waals surface area contributed by atoms with Crippen molar-refractivity contribution in [2.45, 2.75) is 76.8 Å². The molecule has 0 aromatic heterocycles. The Labute approximate surface area is 145 Å².